The molecular formula is C17H23N7O. The lowest BCUT2D eigenvalue weighted by molar-refractivity contribution is 0.122. The number of rotatable bonds is 4. The number of nitrogens with one attached hydrogen (secondary N) is 1. The van der Waals surface area contributed by atoms with Gasteiger partial charge in [0, 0.05) is 50.3 Å². The Labute approximate surface area is 147 Å². The Morgan fingerprint density at radius 1 is 1.00 bits per heavy atom. The molecule has 1 N–H and O–H groups in total. The van der Waals surface area contributed by atoms with Crippen molar-refractivity contribution in [3.63, 3.8) is 0 Å². The Morgan fingerprint density at radius 3 is 2.56 bits per heavy atom. The van der Waals surface area contributed by atoms with Crippen LogP contribution in [0.4, 0.5) is 17.7 Å². The molecule has 2 aliphatic rings. The largest absolute Gasteiger partial charge is 0.378 e. The van der Waals surface area contributed by atoms with Crippen LogP contribution in [0, 0.1) is 6.92 Å². The smallest absolute Gasteiger partial charge is 0.227 e. The average Bonchev–Trinajstić information content (AvgIpc) is 3.11. The molecule has 0 saturated carbocycles. The van der Waals surface area contributed by atoms with E-state index in [1.165, 1.54) is 0 Å². The van der Waals surface area contributed by atoms with E-state index in [-0.39, 0.29) is 0 Å². The van der Waals surface area contributed by atoms with E-state index in [0.29, 0.717) is 6.04 Å². The summed E-state index contributed by atoms with van der Waals surface area (Å²) in [6, 6.07) is 4.18. The summed E-state index contributed by atoms with van der Waals surface area (Å²) >= 11 is 0. The van der Waals surface area contributed by atoms with E-state index < -0.39 is 0 Å². The third-order valence-electron chi connectivity index (χ3n) is 4.54. The Balaban J connectivity index is 1.39. The molecule has 4 rings (SSSR count). The summed E-state index contributed by atoms with van der Waals surface area (Å²) in [6.07, 6.45) is 4.67. The molecule has 25 heavy (non-hydrogen) atoms. The van der Waals surface area contributed by atoms with Gasteiger partial charge in [-0.25, -0.2) is 15.0 Å². The molecule has 0 aliphatic carbocycles. The van der Waals surface area contributed by atoms with Crippen LogP contribution in [-0.2, 0) is 4.74 Å². The maximum Gasteiger partial charge on any atom is 0.227 e. The number of hydrogen-bond donors (Lipinski definition) is 1. The average molecular weight is 341 g/mol. The maximum absolute atomic E-state index is 5.39. The Kier molecular flexibility index (Phi) is 4.60. The highest BCUT2D eigenvalue weighted by Crippen LogP contribution is 2.20. The standard InChI is InChI=1S/C17H23N7O/c1-13-2-5-18-16(20-13)24-7-4-14(12-24)21-15-3-6-19-17(22-15)23-8-10-25-11-9-23/h2-3,5-6,14H,4,7-12H2,1H3,(H,19,21,22). The van der Waals surface area contributed by atoms with E-state index in [9.17, 15) is 0 Å². The third-order valence-corrected chi connectivity index (χ3v) is 4.54. The second-order valence-corrected chi connectivity index (χ2v) is 6.42. The number of anilines is 3. The lowest BCUT2D eigenvalue weighted by atomic mass is 10.2. The molecule has 0 spiro atoms. The van der Waals surface area contributed by atoms with Crippen molar-refractivity contribution >= 4 is 17.7 Å². The molecule has 8 heteroatoms. The van der Waals surface area contributed by atoms with E-state index in [1.807, 2.05) is 31.5 Å². The lowest BCUT2D eigenvalue weighted by Gasteiger charge is -2.27. The molecule has 1 atom stereocenters. The number of nitrogens with zero attached hydrogens (tertiary/aromatic N) is 6. The van der Waals surface area contributed by atoms with Crippen molar-refractivity contribution in [2.75, 3.05) is 54.5 Å². The molecular weight excluding hydrogens is 318 g/mol. The molecule has 2 aromatic rings. The zero-order chi connectivity index (χ0) is 17.1. The summed E-state index contributed by atoms with van der Waals surface area (Å²) in [6.45, 7) is 6.95. The molecule has 8 nitrogen and oxygen atoms in total. The van der Waals surface area contributed by atoms with Gasteiger partial charge in [-0.05, 0) is 25.5 Å². The summed E-state index contributed by atoms with van der Waals surface area (Å²) in [5.41, 5.74) is 0.993. The van der Waals surface area contributed by atoms with Crippen LogP contribution in [0.15, 0.2) is 24.5 Å². The first kappa shape index (κ1) is 16.0. The molecule has 4 heterocycles. The van der Waals surface area contributed by atoms with Crippen molar-refractivity contribution in [1.29, 1.82) is 0 Å². The van der Waals surface area contributed by atoms with Crippen LogP contribution < -0.4 is 15.1 Å². The van der Waals surface area contributed by atoms with Crippen molar-refractivity contribution in [2.45, 2.75) is 19.4 Å². The monoisotopic (exact) mass is 341 g/mol. The maximum atomic E-state index is 5.39. The highest BCUT2D eigenvalue weighted by Gasteiger charge is 2.25. The zero-order valence-electron chi connectivity index (χ0n) is 14.4. The highest BCUT2D eigenvalue weighted by molar-refractivity contribution is 5.44. The predicted molar refractivity (Wildman–Crippen MR) is 96.1 cm³/mol. The topological polar surface area (TPSA) is 79.3 Å². The molecule has 2 aromatic heterocycles. The van der Waals surface area contributed by atoms with Crippen LogP contribution >= 0.6 is 0 Å². The quantitative estimate of drug-likeness (QED) is 0.886. The van der Waals surface area contributed by atoms with E-state index >= 15 is 0 Å². The van der Waals surface area contributed by atoms with Crippen LogP contribution in [0.2, 0.25) is 0 Å². The first-order chi connectivity index (χ1) is 12.3. The second-order valence-electron chi connectivity index (χ2n) is 6.42. The van der Waals surface area contributed by atoms with Gasteiger partial charge in [-0.1, -0.05) is 0 Å². The van der Waals surface area contributed by atoms with Gasteiger partial charge in [0.2, 0.25) is 11.9 Å². The number of ether oxygens (including phenoxy) is 1. The van der Waals surface area contributed by atoms with Crippen molar-refractivity contribution in [2.24, 2.45) is 0 Å². The number of hydrogen-bond acceptors (Lipinski definition) is 8. The molecule has 1 unspecified atom stereocenters. The first-order valence-electron chi connectivity index (χ1n) is 8.75. The van der Waals surface area contributed by atoms with Crippen LogP contribution in [0.3, 0.4) is 0 Å². The van der Waals surface area contributed by atoms with Crippen LogP contribution in [0.5, 0.6) is 0 Å². The Morgan fingerprint density at radius 2 is 1.76 bits per heavy atom. The van der Waals surface area contributed by atoms with Gasteiger partial charge in [0.25, 0.3) is 0 Å². The van der Waals surface area contributed by atoms with Crippen molar-refractivity contribution in [3.8, 4) is 0 Å². The summed E-state index contributed by atoms with van der Waals surface area (Å²) in [4.78, 5) is 22.3. The minimum Gasteiger partial charge on any atom is -0.378 e. The Bertz CT molecular complexity index is 720. The van der Waals surface area contributed by atoms with Gasteiger partial charge in [-0.2, -0.15) is 4.98 Å². The molecule has 0 aromatic carbocycles. The number of aryl methyl sites for hydroxylation is 1. The fraction of sp³-hybridized carbons (Fsp3) is 0.529. The van der Waals surface area contributed by atoms with Gasteiger partial charge in [0.15, 0.2) is 0 Å². The van der Waals surface area contributed by atoms with Crippen molar-refractivity contribution in [1.82, 2.24) is 19.9 Å². The fourth-order valence-electron chi connectivity index (χ4n) is 3.20. The minimum atomic E-state index is 0.330. The summed E-state index contributed by atoms with van der Waals surface area (Å²) in [5.74, 6) is 2.44. The first-order valence-corrected chi connectivity index (χ1v) is 8.75. The van der Waals surface area contributed by atoms with E-state index in [2.05, 4.69) is 35.1 Å². The number of aromatic nitrogens is 4. The SMILES string of the molecule is Cc1ccnc(N2CCC(Nc3ccnc(N4CCOCC4)n3)C2)n1. The van der Waals surface area contributed by atoms with Crippen molar-refractivity contribution in [3.05, 3.63) is 30.2 Å². The number of morpholine rings is 1. The summed E-state index contributed by atoms with van der Waals surface area (Å²) in [7, 11) is 0. The Hall–Kier alpha value is -2.48. The second kappa shape index (κ2) is 7.18. The molecule has 2 aliphatic heterocycles. The molecule has 132 valence electrons. The van der Waals surface area contributed by atoms with Crippen molar-refractivity contribution < 1.29 is 4.74 Å². The molecule has 0 bridgehead atoms. The van der Waals surface area contributed by atoms with Gasteiger partial charge >= 0.3 is 0 Å². The highest BCUT2D eigenvalue weighted by atomic mass is 16.5. The van der Waals surface area contributed by atoms with Gasteiger partial charge in [-0.15, -0.1) is 0 Å². The van der Waals surface area contributed by atoms with E-state index in [4.69, 9.17) is 4.74 Å². The molecule has 2 saturated heterocycles. The summed E-state index contributed by atoms with van der Waals surface area (Å²) < 4.78 is 5.39. The molecule has 0 amide bonds. The summed E-state index contributed by atoms with van der Waals surface area (Å²) in [5, 5.41) is 3.53. The minimum absolute atomic E-state index is 0.330. The van der Waals surface area contributed by atoms with Gasteiger partial charge in [-0.3, -0.25) is 0 Å². The van der Waals surface area contributed by atoms with E-state index in [0.717, 1.165) is 69.2 Å². The van der Waals surface area contributed by atoms with Crippen LogP contribution in [0.1, 0.15) is 12.1 Å². The molecule has 2 fully saturated rings. The molecule has 0 radical (unpaired) electrons. The normalized spacial score (nSPS) is 20.8. The van der Waals surface area contributed by atoms with Gasteiger partial charge in [0.1, 0.15) is 5.82 Å². The van der Waals surface area contributed by atoms with E-state index in [1.54, 1.807) is 0 Å². The van der Waals surface area contributed by atoms with Crippen LogP contribution in [0.25, 0.3) is 0 Å². The lowest BCUT2D eigenvalue weighted by Crippen LogP contribution is -2.37. The van der Waals surface area contributed by atoms with Gasteiger partial charge < -0.3 is 19.9 Å². The third kappa shape index (κ3) is 3.79. The predicted octanol–water partition coefficient (Wildman–Crippen LogP) is 1.10. The fourth-order valence-corrected chi connectivity index (χ4v) is 3.20. The zero-order valence-corrected chi connectivity index (χ0v) is 14.4. The van der Waals surface area contributed by atoms with Crippen LogP contribution in [-0.4, -0.2) is 65.4 Å². The van der Waals surface area contributed by atoms with Gasteiger partial charge in [0.05, 0.1) is 13.2 Å².